The zero-order chi connectivity index (χ0) is 17.2. The number of rotatable bonds is 8. The number of fused-ring (bicyclic) bond motifs is 2. The average molecular weight is 334 g/mol. The van der Waals surface area contributed by atoms with Crippen molar-refractivity contribution < 1.29 is 4.74 Å². The molecule has 136 valence electrons. The van der Waals surface area contributed by atoms with E-state index in [4.69, 9.17) is 4.74 Å². The summed E-state index contributed by atoms with van der Waals surface area (Å²) >= 11 is 0. The molecule has 1 unspecified atom stereocenters. The smallest absolute Gasteiger partial charge is 0.0695 e. The minimum atomic E-state index is 0.107. The Morgan fingerprint density at radius 3 is 2.46 bits per heavy atom. The highest BCUT2D eigenvalue weighted by atomic mass is 16.5. The Morgan fingerprint density at radius 1 is 1.21 bits per heavy atom. The number of ether oxygens (including phenoxy) is 1. The number of unbranched alkanes of at least 4 members (excludes halogenated alkanes) is 1. The third kappa shape index (κ3) is 3.41. The Labute approximate surface area is 147 Å². The van der Waals surface area contributed by atoms with Gasteiger partial charge in [-0.05, 0) is 58.5 Å². The highest BCUT2D eigenvalue weighted by molar-refractivity contribution is 5.24. The molecule has 4 nitrogen and oxygen atoms in total. The van der Waals surface area contributed by atoms with E-state index < -0.39 is 0 Å². The van der Waals surface area contributed by atoms with Gasteiger partial charge in [-0.15, -0.1) is 0 Å². The molecule has 1 aromatic heterocycles. The largest absolute Gasteiger partial charge is 0.369 e. The summed E-state index contributed by atoms with van der Waals surface area (Å²) < 4.78 is 6.63. The van der Waals surface area contributed by atoms with Crippen molar-refractivity contribution in [1.29, 1.82) is 0 Å². The number of aromatic amines is 1. The molecule has 1 N–H and O–H groups in total. The van der Waals surface area contributed by atoms with Crippen molar-refractivity contribution in [1.82, 2.24) is 15.1 Å². The average Bonchev–Trinajstić information content (AvgIpc) is 3.16. The van der Waals surface area contributed by atoms with Crippen molar-refractivity contribution >= 4 is 0 Å². The second-order valence-corrected chi connectivity index (χ2v) is 8.18. The molecule has 0 radical (unpaired) electrons. The fourth-order valence-corrected chi connectivity index (χ4v) is 4.86. The Balaban J connectivity index is 1.76. The maximum atomic E-state index is 6.63. The van der Waals surface area contributed by atoms with Crippen molar-refractivity contribution in [2.75, 3.05) is 13.6 Å². The molecule has 2 bridgehead atoms. The SMILES string of the molecule is CCCCN(C)Cc1cn[nH]c1C1C[C@]2(CC)CC[C@](CC)(C1)O2. The van der Waals surface area contributed by atoms with E-state index in [1.807, 2.05) is 6.20 Å². The van der Waals surface area contributed by atoms with E-state index in [0.717, 1.165) is 38.8 Å². The minimum Gasteiger partial charge on any atom is -0.369 e. The van der Waals surface area contributed by atoms with Crippen LogP contribution in [0.25, 0.3) is 0 Å². The van der Waals surface area contributed by atoms with Crippen molar-refractivity contribution in [2.45, 2.75) is 95.8 Å². The van der Waals surface area contributed by atoms with Crippen molar-refractivity contribution in [3.05, 3.63) is 17.5 Å². The molecule has 24 heavy (non-hydrogen) atoms. The predicted molar refractivity (Wildman–Crippen MR) is 98.2 cm³/mol. The molecule has 3 heterocycles. The van der Waals surface area contributed by atoms with Gasteiger partial charge in [0.15, 0.2) is 0 Å². The standard InChI is InChI=1S/C20H35N3O/c1-5-8-11-23(4)15-17-14-21-22-18(17)16-12-19(6-2)9-10-20(7-3,13-16)24-19/h14,16H,5-13,15H2,1-4H3,(H,21,22)/t16?,19-,20+. The van der Waals surface area contributed by atoms with Gasteiger partial charge < -0.3 is 9.64 Å². The van der Waals surface area contributed by atoms with E-state index >= 15 is 0 Å². The number of hydrogen-bond donors (Lipinski definition) is 1. The van der Waals surface area contributed by atoms with Crippen LogP contribution in [-0.2, 0) is 11.3 Å². The molecular weight excluding hydrogens is 298 g/mol. The van der Waals surface area contributed by atoms with E-state index in [1.54, 1.807) is 0 Å². The van der Waals surface area contributed by atoms with Crippen LogP contribution in [0.15, 0.2) is 6.20 Å². The quantitative estimate of drug-likeness (QED) is 0.754. The summed E-state index contributed by atoms with van der Waals surface area (Å²) in [7, 11) is 2.22. The van der Waals surface area contributed by atoms with Crippen LogP contribution >= 0.6 is 0 Å². The van der Waals surface area contributed by atoms with Gasteiger partial charge in [0.1, 0.15) is 0 Å². The highest BCUT2D eigenvalue weighted by Crippen LogP contribution is 2.55. The molecular formula is C20H35N3O. The molecule has 3 rings (SSSR count). The zero-order valence-corrected chi connectivity index (χ0v) is 16.0. The van der Waals surface area contributed by atoms with Crippen LogP contribution < -0.4 is 0 Å². The lowest BCUT2D eigenvalue weighted by Gasteiger charge is -2.43. The Hall–Kier alpha value is -0.870. The summed E-state index contributed by atoms with van der Waals surface area (Å²) in [6, 6.07) is 0. The molecule has 2 aliphatic heterocycles. The highest BCUT2D eigenvalue weighted by Gasteiger charge is 2.54. The number of aromatic nitrogens is 2. The van der Waals surface area contributed by atoms with E-state index in [1.165, 1.54) is 36.9 Å². The first-order valence-electron chi connectivity index (χ1n) is 9.96. The molecule has 3 atom stereocenters. The van der Waals surface area contributed by atoms with Crippen LogP contribution in [0.3, 0.4) is 0 Å². The number of nitrogens with one attached hydrogen (secondary N) is 1. The number of nitrogens with zero attached hydrogens (tertiary/aromatic N) is 2. The van der Waals surface area contributed by atoms with Crippen LogP contribution in [0.5, 0.6) is 0 Å². The van der Waals surface area contributed by atoms with Crippen LogP contribution in [0.4, 0.5) is 0 Å². The van der Waals surface area contributed by atoms with Gasteiger partial charge in [-0.25, -0.2) is 0 Å². The summed E-state index contributed by atoms with van der Waals surface area (Å²) in [6.45, 7) is 9.00. The summed E-state index contributed by atoms with van der Waals surface area (Å²) in [5.41, 5.74) is 2.97. The van der Waals surface area contributed by atoms with Gasteiger partial charge in [-0.2, -0.15) is 5.10 Å². The molecule has 0 spiro atoms. The van der Waals surface area contributed by atoms with Crippen molar-refractivity contribution in [3.63, 3.8) is 0 Å². The van der Waals surface area contributed by atoms with Crippen LogP contribution in [0.1, 0.15) is 89.3 Å². The lowest BCUT2D eigenvalue weighted by atomic mass is 9.79. The van der Waals surface area contributed by atoms with Crippen molar-refractivity contribution in [3.8, 4) is 0 Å². The Bertz CT molecular complexity index is 523. The minimum absolute atomic E-state index is 0.107. The number of hydrogen-bond acceptors (Lipinski definition) is 3. The molecule has 0 aromatic carbocycles. The Kier molecular flexibility index (Phi) is 5.36. The first-order chi connectivity index (χ1) is 11.6. The van der Waals surface area contributed by atoms with E-state index in [2.05, 4.69) is 42.9 Å². The van der Waals surface area contributed by atoms with Crippen LogP contribution in [0.2, 0.25) is 0 Å². The zero-order valence-electron chi connectivity index (χ0n) is 16.0. The lowest BCUT2D eigenvalue weighted by Crippen LogP contribution is -2.43. The fraction of sp³-hybridized carbons (Fsp3) is 0.850. The summed E-state index contributed by atoms with van der Waals surface area (Å²) in [6.07, 6.45) is 11.6. The molecule has 1 aromatic rings. The Morgan fingerprint density at radius 2 is 1.88 bits per heavy atom. The third-order valence-electron chi connectivity index (χ3n) is 6.49. The normalized spacial score (nSPS) is 32.6. The van der Waals surface area contributed by atoms with E-state index in [-0.39, 0.29) is 11.2 Å². The van der Waals surface area contributed by atoms with Gasteiger partial charge in [0, 0.05) is 23.7 Å². The molecule has 4 heteroatoms. The summed E-state index contributed by atoms with van der Waals surface area (Å²) in [4.78, 5) is 2.43. The molecule has 2 aliphatic rings. The molecule has 0 amide bonds. The van der Waals surface area contributed by atoms with Crippen molar-refractivity contribution in [2.24, 2.45) is 0 Å². The van der Waals surface area contributed by atoms with Gasteiger partial charge in [0.05, 0.1) is 17.4 Å². The first-order valence-corrected chi connectivity index (χ1v) is 9.96. The van der Waals surface area contributed by atoms with Crippen LogP contribution in [0, 0.1) is 0 Å². The maximum Gasteiger partial charge on any atom is 0.0695 e. The first kappa shape index (κ1) is 17.9. The topological polar surface area (TPSA) is 41.2 Å². The monoisotopic (exact) mass is 333 g/mol. The molecule has 2 fully saturated rings. The third-order valence-corrected chi connectivity index (χ3v) is 6.49. The predicted octanol–water partition coefficient (Wildman–Crippen LogP) is 4.63. The van der Waals surface area contributed by atoms with E-state index in [9.17, 15) is 0 Å². The van der Waals surface area contributed by atoms with Gasteiger partial charge in [0.25, 0.3) is 0 Å². The summed E-state index contributed by atoms with van der Waals surface area (Å²) in [5.74, 6) is 0.568. The van der Waals surface area contributed by atoms with Gasteiger partial charge in [-0.3, -0.25) is 5.10 Å². The van der Waals surface area contributed by atoms with Crippen LogP contribution in [-0.4, -0.2) is 39.9 Å². The van der Waals surface area contributed by atoms with Gasteiger partial charge in [0.2, 0.25) is 0 Å². The summed E-state index contributed by atoms with van der Waals surface area (Å²) in [5, 5.41) is 7.76. The fourth-order valence-electron chi connectivity index (χ4n) is 4.86. The second-order valence-electron chi connectivity index (χ2n) is 8.18. The molecule has 0 saturated carbocycles. The molecule has 0 aliphatic carbocycles. The van der Waals surface area contributed by atoms with Gasteiger partial charge in [-0.1, -0.05) is 27.2 Å². The second kappa shape index (κ2) is 7.17. The van der Waals surface area contributed by atoms with Gasteiger partial charge >= 0.3 is 0 Å². The lowest BCUT2D eigenvalue weighted by molar-refractivity contribution is -0.149. The van der Waals surface area contributed by atoms with E-state index in [0.29, 0.717) is 5.92 Å². The number of H-pyrrole nitrogens is 1. The maximum absolute atomic E-state index is 6.63. The molecule has 2 saturated heterocycles.